The molecule has 2 fully saturated rings. The summed E-state index contributed by atoms with van der Waals surface area (Å²) < 4.78 is 80.0. The number of carbonyl (C=O) groups excluding carboxylic acids is 2. The monoisotopic (exact) mass is 749 g/mol. The molecule has 2 amide bonds. The number of ether oxygens (including phenoxy) is 3. The van der Waals surface area contributed by atoms with Gasteiger partial charge in [0.25, 0.3) is 5.92 Å². The maximum atomic E-state index is 16.6. The zero-order valence-corrected chi connectivity index (χ0v) is 31.1. The molecule has 0 radical (unpaired) electrons. The fourth-order valence-corrected chi connectivity index (χ4v) is 7.65. The van der Waals surface area contributed by atoms with Gasteiger partial charge in [-0.15, -0.1) is 0 Å². The van der Waals surface area contributed by atoms with Crippen molar-refractivity contribution in [1.29, 1.82) is 0 Å². The van der Waals surface area contributed by atoms with Crippen molar-refractivity contribution in [3.63, 3.8) is 0 Å². The first-order valence-electron chi connectivity index (χ1n) is 17.3. The Morgan fingerprint density at radius 2 is 1.57 bits per heavy atom. The first-order chi connectivity index (χ1) is 23.9. The van der Waals surface area contributed by atoms with Crippen LogP contribution in [-0.4, -0.2) is 68.3 Å². The highest BCUT2D eigenvalue weighted by Gasteiger charge is 2.50. The minimum absolute atomic E-state index is 0.00281. The molecule has 1 saturated heterocycles. The Bertz CT molecular complexity index is 1840. The van der Waals surface area contributed by atoms with Crippen LogP contribution < -0.4 is 19.5 Å². The maximum Gasteiger partial charge on any atom is 0.407 e. The summed E-state index contributed by atoms with van der Waals surface area (Å²) in [5.74, 6) is -4.52. The summed E-state index contributed by atoms with van der Waals surface area (Å²) >= 11 is 6.22. The first kappa shape index (κ1) is 38.5. The minimum Gasteiger partial charge on any atom is -0.490 e. The van der Waals surface area contributed by atoms with E-state index in [1.807, 2.05) is 6.07 Å². The van der Waals surface area contributed by atoms with Gasteiger partial charge in [-0.25, -0.2) is 13.2 Å². The Kier molecular flexibility index (Phi) is 11.7. The number of rotatable bonds is 11. The molecule has 14 heteroatoms. The number of sulfonamides is 1. The van der Waals surface area contributed by atoms with Crippen molar-refractivity contribution in [2.24, 2.45) is 0 Å². The molecular formula is C37H46ClF2N3O7S. The summed E-state index contributed by atoms with van der Waals surface area (Å²) in [6.45, 7) is 8.59. The molecule has 3 aromatic rings. The molecule has 1 aliphatic carbocycles. The van der Waals surface area contributed by atoms with Gasteiger partial charge in [-0.2, -0.15) is 13.5 Å². The third-order valence-electron chi connectivity index (χ3n) is 8.79. The molecule has 1 heterocycles. The summed E-state index contributed by atoms with van der Waals surface area (Å²) in [5, 5.41) is 4.10. The quantitative estimate of drug-likeness (QED) is 0.208. The zero-order valence-electron chi connectivity index (χ0n) is 29.5. The van der Waals surface area contributed by atoms with Crippen molar-refractivity contribution in [2.75, 3.05) is 13.1 Å². The van der Waals surface area contributed by atoms with Gasteiger partial charge in [0.15, 0.2) is 6.04 Å². The fourth-order valence-electron chi connectivity index (χ4n) is 6.27. The number of alkyl halides is 2. The summed E-state index contributed by atoms with van der Waals surface area (Å²) in [6.07, 6.45) is 3.82. The Balaban J connectivity index is 1.41. The molecule has 1 unspecified atom stereocenters. The lowest BCUT2D eigenvalue weighted by molar-refractivity contribution is -0.145. The summed E-state index contributed by atoms with van der Waals surface area (Å²) in [7, 11) is -4.68. The average Bonchev–Trinajstić information content (AvgIpc) is 3.56. The van der Waals surface area contributed by atoms with Gasteiger partial charge in [0.05, 0.1) is 22.1 Å². The smallest absolute Gasteiger partial charge is 0.407 e. The second kappa shape index (κ2) is 15.5. The van der Waals surface area contributed by atoms with E-state index in [0.29, 0.717) is 16.5 Å². The Morgan fingerprint density at radius 3 is 2.22 bits per heavy atom. The van der Waals surface area contributed by atoms with Crippen LogP contribution in [0.25, 0.3) is 10.8 Å². The number of hydrogen-bond donors (Lipinski definition) is 2. The van der Waals surface area contributed by atoms with Crippen LogP contribution in [0.3, 0.4) is 0 Å². The van der Waals surface area contributed by atoms with Crippen molar-refractivity contribution in [3.8, 4) is 11.5 Å². The number of nitrogens with one attached hydrogen (secondary N) is 2. The standard InChI is InChI=1S/C37H46ClF2N3O7S/c1-23(2)48-32-22-26(12-15-31(32)38)37(39,40)33(34(44)43-18-16-27(17-19-43)41-35(45)50-36(3,4)5)42-51(46,47)30-14-11-24-20-29(13-10-25(24)21-30)49-28-8-6-7-9-28/h10-15,20-23,27-28,33,42H,6-9,16-19H2,1-5H3,(H,41,45). The van der Waals surface area contributed by atoms with Gasteiger partial charge in [-0.1, -0.05) is 29.8 Å². The van der Waals surface area contributed by atoms with E-state index in [1.165, 1.54) is 23.1 Å². The van der Waals surface area contributed by atoms with Crippen molar-refractivity contribution in [2.45, 2.75) is 114 Å². The Morgan fingerprint density at radius 1 is 0.922 bits per heavy atom. The SMILES string of the molecule is CC(C)Oc1cc(C(F)(F)C(NS(=O)(=O)c2ccc3cc(OC4CCCC4)ccc3c2)C(=O)N2CCC(NC(=O)OC(C)(C)C)CC2)ccc1Cl. The van der Waals surface area contributed by atoms with Gasteiger partial charge < -0.3 is 24.4 Å². The topological polar surface area (TPSA) is 123 Å². The number of nitrogens with zero attached hydrogens (tertiary/aromatic N) is 1. The van der Waals surface area contributed by atoms with Crippen LogP contribution >= 0.6 is 11.6 Å². The molecular weight excluding hydrogens is 704 g/mol. The van der Waals surface area contributed by atoms with Crippen LogP contribution in [0.4, 0.5) is 13.6 Å². The van der Waals surface area contributed by atoms with E-state index < -0.39 is 51.3 Å². The van der Waals surface area contributed by atoms with Crippen LogP contribution in [0.2, 0.25) is 5.02 Å². The van der Waals surface area contributed by atoms with Crippen molar-refractivity contribution in [1.82, 2.24) is 14.9 Å². The van der Waals surface area contributed by atoms with Crippen LogP contribution in [0.1, 0.15) is 78.7 Å². The van der Waals surface area contributed by atoms with Gasteiger partial charge >= 0.3 is 6.09 Å². The Hall–Kier alpha value is -3.68. The molecule has 1 aliphatic heterocycles. The van der Waals surface area contributed by atoms with Gasteiger partial charge in [0.2, 0.25) is 15.9 Å². The molecule has 5 rings (SSSR count). The van der Waals surface area contributed by atoms with Gasteiger partial charge in [0.1, 0.15) is 17.1 Å². The van der Waals surface area contributed by atoms with E-state index in [9.17, 15) is 18.0 Å². The number of benzene rings is 3. The largest absolute Gasteiger partial charge is 0.490 e. The number of hydrogen-bond acceptors (Lipinski definition) is 7. The molecule has 0 aromatic heterocycles. The Labute approximate surface area is 303 Å². The van der Waals surface area contributed by atoms with Crippen molar-refractivity contribution in [3.05, 3.63) is 65.2 Å². The van der Waals surface area contributed by atoms with E-state index in [0.717, 1.165) is 37.8 Å². The number of fused-ring (bicyclic) bond motifs is 1. The normalized spacial score (nSPS) is 17.1. The summed E-state index contributed by atoms with van der Waals surface area (Å²) in [5.41, 5.74) is -1.37. The number of likely N-dealkylation sites (tertiary alicyclic amines) is 1. The fraction of sp³-hybridized carbons (Fsp3) is 0.514. The van der Waals surface area contributed by atoms with Gasteiger partial charge in [0, 0.05) is 24.7 Å². The molecule has 3 aromatic carbocycles. The molecule has 1 saturated carbocycles. The molecule has 10 nitrogen and oxygen atoms in total. The molecule has 0 spiro atoms. The lowest BCUT2D eigenvalue weighted by Crippen LogP contribution is -2.58. The maximum absolute atomic E-state index is 16.6. The van der Waals surface area contributed by atoms with Crippen LogP contribution in [0.5, 0.6) is 11.5 Å². The highest BCUT2D eigenvalue weighted by Crippen LogP contribution is 2.39. The summed E-state index contributed by atoms with van der Waals surface area (Å²) in [6, 6.07) is 9.96. The van der Waals surface area contributed by atoms with Crippen molar-refractivity contribution >= 4 is 44.4 Å². The second-order valence-corrected chi connectivity index (χ2v) is 16.6. The molecule has 278 valence electrons. The van der Waals surface area contributed by atoms with Crippen LogP contribution in [0, 0.1) is 0 Å². The molecule has 1 atom stereocenters. The lowest BCUT2D eigenvalue weighted by atomic mass is 9.98. The zero-order chi connectivity index (χ0) is 37.1. The molecule has 2 N–H and O–H groups in total. The van der Waals surface area contributed by atoms with Gasteiger partial charge in [-0.05, 0) is 120 Å². The van der Waals surface area contributed by atoms with Gasteiger partial charge in [-0.3, -0.25) is 4.79 Å². The number of alkyl carbamates (subject to hydrolysis) is 1. The number of piperidine rings is 1. The van der Waals surface area contributed by atoms with E-state index in [1.54, 1.807) is 52.8 Å². The van der Waals surface area contributed by atoms with E-state index >= 15 is 8.78 Å². The first-order valence-corrected chi connectivity index (χ1v) is 19.1. The predicted octanol–water partition coefficient (Wildman–Crippen LogP) is 7.56. The highest BCUT2D eigenvalue weighted by atomic mass is 35.5. The highest BCUT2D eigenvalue weighted by molar-refractivity contribution is 7.89. The van der Waals surface area contributed by atoms with Crippen LogP contribution in [0.15, 0.2) is 59.5 Å². The van der Waals surface area contributed by atoms with E-state index in [2.05, 4.69) is 10.0 Å². The number of amides is 2. The number of carbonyl (C=O) groups is 2. The third-order valence-corrected chi connectivity index (χ3v) is 10.5. The predicted molar refractivity (Wildman–Crippen MR) is 191 cm³/mol. The third kappa shape index (κ3) is 9.81. The number of halogens is 3. The molecule has 0 bridgehead atoms. The summed E-state index contributed by atoms with van der Waals surface area (Å²) in [4.78, 5) is 27.2. The van der Waals surface area contributed by atoms with Crippen molar-refractivity contribution < 1.29 is 41.0 Å². The lowest BCUT2D eigenvalue weighted by Gasteiger charge is -2.36. The molecule has 51 heavy (non-hydrogen) atoms. The molecule has 2 aliphatic rings. The van der Waals surface area contributed by atoms with E-state index in [-0.39, 0.29) is 53.7 Å². The second-order valence-electron chi connectivity index (χ2n) is 14.4. The van der Waals surface area contributed by atoms with E-state index in [4.69, 9.17) is 25.8 Å². The minimum atomic E-state index is -4.68. The average molecular weight is 750 g/mol. The van der Waals surface area contributed by atoms with Crippen LogP contribution in [-0.2, 0) is 25.5 Å².